The summed E-state index contributed by atoms with van der Waals surface area (Å²) in [5.41, 5.74) is 1.56. The number of rotatable bonds is 2. The van der Waals surface area contributed by atoms with Crippen molar-refractivity contribution in [1.29, 1.82) is 0 Å². The number of hydrogen-bond donors (Lipinski definition) is 1. The first kappa shape index (κ1) is 12.2. The van der Waals surface area contributed by atoms with Crippen LogP contribution in [0.3, 0.4) is 0 Å². The molecule has 3 nitrogen and oxygen atoms in total. The second-order valence-corrected chi connectivity index (χ2v) is 5.92. The van der Waals surface area contributed by atoms with Gasteiger partial charge in [-0.2, -0.15) is 5.10 Å². The van der Waals surface area contributed by atoms with E-state index in [9.17, 15) is 5.11 Å². The molecule has 0 fully saturated rings. The predicted octanol–water partition coefficient (Wildman–Crippen LogP) is 2.03. The molecule has 0 unspecified atom stereocenters. The molecular weight excluding hydrogens is 188 g/mol. The van der Waals surface area contributed by atoms with E-state index in [0.717, 1.165) is 11.3 Å². The summed E-state index contributed by atoms with van der Waals surface area (Å²) in [7, 11) is 1.92. The van der Waals surface area contributed by atoms with Gasteiger partial charge in [0.25, 0.3) is 0 Å². The van der Waals surface area contributed by atoms with Gasteiger partial charge < -0.3 is 5.11 Å². The molecule has 0 atom stereocenters. The molecule has 0 aliphatic carbocycles. The molecule has 0 aromatic carbocycles. The molecule has 0 aliphatic rings. The fraction of sp³-hybridized carbons (Fsp3) is 0.750. The second-order valence-electron chi connectivity index (χ2n) is 5.92. The lowest BCUT2D eigenvalue weighted by molar-refractivity contribution is 0.0805. The molecule has 1 aromatic heterocycles. The molecule has 15 heavy (non-hydrogen) atoms. The Morgan fingerprint density at radius 3 is 2.20 bits per heavy atom. The first-order valence-corrected chi connectivity index (χ1v) is 5.35. The van der Waals surface area contributed by atoms with E-state index in [1.807, 2.05) is 31.8 Å². The average molecular weight is 210 g/mol. The molecule has 3 heteroatoms. The fourth-order valence-electron chi connectivity index (χ4n) is 1.76. The molecule has 1 rings (SSSR count). The normalized spacial score (nSPS) is 13.3. The van der Waals surface area contributed by atoms with Crippen LogP contribution in [0.25, 0.3) is 0 Å². The number of hydrogen-bond acceptors (Lipinski definition) is 2. The number of nitrogens with zero attached hydrogens (tertiary/aromatic N) is 2. The summed E-state index contributed by atoms with van der Waals surface area (Å²) in [5.74, 6) is 0. The van der Waals surface area contributed by atoms with Crippen molar-refractivity contribution in [2.45, 2.75) is 52.1 Å². The number of aryl methyl sites for hydroxylation is 1. The molecule has 1 heterocycles. The molecule has 0 radical (unpaired) electrons. The zero-order valence-corrected chi connectivity index (χ0v) is 10.6. The molecular formula is C12H22N2O. The van der Waals surface area contributed by atoms with Crippen molar-refractivity contribution in [3.05, 3.63) is 17.5 Å². The van der Waals surface area contributed by atoms with Gasteiger partial charge in [-0.3, -0.25) is 4.68 Å². The van der Waals surface area contributed by atoms with Crippen LogP contribution in [0, 0.1) is 0 Å². The van der Waals surface area contributed by atoms with Crippen molar-refractivity contribution in [3.8, 4) is 0 Å². The van der Waals surface area contributed by atoms with Gasteiger partial charge in [0.1, 0.15) is 0 Å². The Labute approximate surface area is 92.1 Å². The van der Waals surface area contributed by atoms with Crippen molar-refractivity contribution in [2.24, 2.45) is 7.05 Å². The maximum Gasteiger partial charge on any atom is 0.0710 e. The highest BCUT2D eigenvalue weighted by atomic mass is 16.3. The van der Waals surface area contributed by atoms with Crippen LogP contribution in [-0.2, 0) is 18.9 Å². The molecule has 1 aromatic rings. The Bertz CT molecular complexity index is 339. The minimum absolute atomic E-state index is 0.0296. The Balaban J connectivity index is 3.08. The fourth-order valence-corrected chi connectivity index (χ4v) is 1.76. The SMILES string of the molecule is Cn1cc(CC(C)(C)O)c(C(C)(C)C)n1. The van der Waals surface area contributed by atoms with Crippen LogP contribution in [0.15, 0.2) is 6.20 Å². The Morgan fingerprint density at radius 2 is 1.80 bits per heavy atom. The molecule has 0 bridgehead atoms. The van der Waals surface area contributed by atoms with Crippen LogP contribution < -0.4 is 0 Å². The van der Waals surface area contributed by atoms with E-state index in [1.165, 1.54) is 0 Å². The second kappa shape index (κ2) is 3.63. The molecule has 0 spiro atoms. The van der Waals surface area contributed by atoms with E-state index in [-0.39, 0.29) is 5.41 Å². The van der Waals surface area contributed by atoms with Crippen molar-refractivity contribution >= 4 is 0 Å². The maximum atomic E-state index is 9.83. The summed E-state index contributed by atoms with van der Waals surface area (Å²) >= 11 is 0. The highest BCUT2D eigenvalue weighted by molar-refractivity contribution is 5.25. The van der Waals surface area contributed by atoms with Gasteiger partial charge in [-0.1, -0.05) is 20.8 Å². The van der Waals surface area contributed by atoms with E-state index in [2.05, 4.69) is 25.9 Å². The van der Waals surface area contributed by atoms with Crippen molar-refractivity contribution in [3.63, 3.8) is 0 Å². The van der Waals surface area contributed by atoms with E-state index >= 15 is 0 Å². The van der Waals surface area contributed by atoms with Gasteiger partial charge in [0.05, 0.1) is 11.3 Å². The topological polar surface area (TPSA) is 38.0 Å². The number of aromatic nitrogens is 2. The third-order valence-electron chi connectivity index (χ3n) is 2.24. The molecule has 0 saturated carbocycles. The minimum atomic E-state index is -0.678. The van der Waals surface area contributed by atoms with Gasteiger partial charge in [0.2, 0.25) is 0 Å². The molecule has 0 amide bonds. The first-order chi connectivity index (χ1) is 6.59. The third kappa shape index (κ3) is 3.34. The van der Waals surface area contributed by atoms with Crippen LogP contribution in [0.2, 0.25) is 0 Å². The molecule has 1 N–H and O–H groups in total. The highest BCUT2D eigenvalue weighted by Gasteiger charge is 2.25. The monoisotopic (exact) mass is 210 g/mol. The van der Waals surface area contributed by atoms with E-state index in [1.54, 1.807) is 0 Å². The predicted molar refractivity (Wildman–Crippen MR) is 61.9 cm³/mol. The lowest BCUT2D eigenvalue weighted by Crippen LogP contribution is -2.24. The highest BCUT2D eigenvalue weighted by Crippen LogP contribution is 2.26. The summed E-state index contributed by atoms with van der Waals surface area (Å²) in [6.07, 6.45) is 2.64. The van der Waals surface area contributed by atoms with Crippen LogP contribution >= 0.6 is 0 Å². The largest absolute Gasteiger partial charge is 0.390 e. The summed E-state index contributed by atoms with van der Waals surface area (Å²) in [4.78, 5) is 0. The summed E-state index contributed by atoms with van der Waals surface area (Å²) in [6.45, 7) is 10.1. The smallest absolute Gasteiger partial charge is 0.0710 e. The van der Waals surface area contributed by atoms with Crippen LogP contribution in [-0.4, -0.2) is 20.5 Å². The van der Waals surface area contributed by atoms with Gasteiger partial charge in [-0.05, 0) is 19.4 Å². The first-order valence-electron chi connectivity index (χ1n) is 5.35. The summed E-state index contributed by atoms with van der Waals surface area (Å²) < 4.78 is 1.82. The zero-order valence-electron chi connectivity index (χ0n) is 10.6. The van der Waals surface area contributed by atoms with E-state index in [0.29, 0.717) is 6.42 Å². The summed E-state index contributed by atoms with van der Waals surface area (Å²) in [5, 5.41) is 14.3. The van der Waals surface area contributed by atoms with Crippen molar-refractivity contribution in [1.82, 2.24) is 9.78 Å². The van der Waals surface area contributed by atoms with E-state index < -0.39 is 5.60 Å². The van der Waals surface area contributed by atoms with Crippen LogP contribution in [0.4, 0.5) is 0 Å². The Hall–Kier alpha value is -0.830. The lowest BCUT2D eigenvalue weighted by atomic mass is 9.86. The van der Waals surface area contributed by atoms with Crippen molar-refractivity contribution < 1.29 is 5.11 Å². The minimum Gasteiger partial charge on any atom is -0.390 e. The lowest BCUT2D eigenvalue weighted by Gasteiger charge is -2.21. The zero-order chi connectivity index (χ0) is 11.9. The van der Waals surface area contributed by atoms with Crippen molar-refractivity contribution in [2.75, 3.05) is 0 Å². The molecule has 0 saturated heterocycles. The number of aliphatic hydroxyl groups is 1. The van der Waals surface area contributed by atoms with Crippen LogP contribution in [0.1, 0.15) is 45.9 Å². The van der Waals surface area contributed by atoms with E-state index in [4.69, 9.17) is 0 Å². The van der Waals surface area contributed by atoms with Gasteiger partial charge in [-0.15, -0.1) is 0 Å². The summed E-state index contributed by atoms with van der Waals surface area (Å²) in [6, 6.07) is 0. The maximum absolute atomic E-state index is 9.83. The molecule has 86 valence electrons. The van der Waals surface area contributed by atoms with Gasteiger partial charge >= 0.3 is 0 Å². The Kier molecular flexibility index (Phi) is 2.97. The third-order valence-corrected chi connectivity index (χ3v) is 2.24. The van der Waals surface area contributed by atoms with Gasteiger partial charge in [0, 0.05) is 25.1 Å². The van der Waals surface area contributed by atoms with Gasteiger partial charge in [-0.25, -0.2) is 0 Å². The Morgan fingerprint density at radius 1 is 1.27 bits per heavy atom. The quantitative estimate of drug-likeness (QED) is 0.811. The molecule has 0 aliphatic heterocycles. The average Bonchev–Trinajstić information content (AvgIpc) is 2.25. The van der Waals surface area contributed by atoms with Gasteiger partial charge in [0.15, 0.2) is 0 Å². The standard InChI is InChI=1S/C12H22N2O/c1-11(2,3)10-9(7-12(4,5)15)8-14(6)13-10/h8,15H,7H2,1-6H3. The van der Waals surface area contributed by atoms with Crippen LogP contribution in [0.5, 0.6) is 0 Å².